The Kier molecular flexibility index (Phi) is 3.62. The molecular formula is C19H18N2OS. The van der Waals surface area contributed by atoms with Crippen molar-refractivity contribution in [3.05, 3.63) is 62.5 Å². The van der Waals surface area contributed by atoms with E-state index in [1.165, 1.54) is 10.4 Å². The molecule has 2 heterocycles. The molecule has 0 amide bonds. The second kappa shape index (κ2) is 5.78. The standard InChI is InChI=1S/C19H18N2OS/c1-12-7-9-14-15(11-12)23-19-17(14)18(22)20-16(21-19)10-8-13-5-3-2-4-6-13/h2-6,8,10,12H,7,9,11H2,1H3,(H,20,21,22)/b10-8+. The Bertz CT molecular complexity index is 937. The summed E-state index contributed by atoms with van der Waals surface area (Å²) in [6, 6.07) is 10.0. The highest BCUT2D eigenvalue weighted by atomic mass is 32.1. The van der Waals surface area contributed by atoms with Crippen LogP contribution in [-0.2, 0) is 12.8 Å². The molecule has 4 rings (SSSR count). The number of aromatic amines is 1. The molecule has 0 radical (unpaired) electrons. The number of hydrogen-bond donors (Lipinski definition) is 1. The van der Waals surface area contributed by atoms with Gasteiger partial charge in [-0.25, -0.2) is 4.98 Å². The number of nitrogens with one attached hydrogen (secondary N) is 1. The number of hydrogen-bond acceptors (Lipinski definition) is 3. The predicted molar refractivity (Wildman–Crippen MR) is 96.8 cm³/mol. The number of rotatable bonds is 2. The van der Waals surface area contributed by atoms with Gasteiger partial charge in [-0.3, -0.25) is 4.79 Å². The van der Waals surface area contributed by atoms with Gasteiger partial charge < -0.3 is 4.98 Å². The van der Waals surface area contributed by atoms with E-state index in [2.05, 4.69) is 16.9 Å². The summed E-state index contributed by atoms with van der Waals surface area (Å²) in [4.78, 5) is 22.3. The van der Waals surface area contributed by atoms with Crippen LogP contribution in [0.5, 0.6) is 0 Å². The number of benzene rings is 1. The fourth-order valence-corrected chi connectivity index (χ4v) is 4.57. The van der Waals surface area contributed by atoms with Crippen LogP contribution in [0.2, 0.25) is 0 Å². The van der Waals surface area contributed by atoms with Crippen LogP contribution in [0.25, 0.3) is 22.4 Å². The van der Waals surface area contributed by atoms with E-state index in [9.17, 15) is 4.79 Å². The third kappa shape index (κ3) is 2.75. The lowest BCUT2D eigenvalue weighted by Gasteiger charge is -2.17. The first-order chi connectivity index (χ1) is 11.2. The van der Waals surface area contributed by atoms with E-state index in [0.717, 1.165) is 35.0 Å². The normalized spacial score (nSPS) is 17.7. The number of H-pyrrole nitrogens is 1. The molecule has 3 aromatic rings. The molecule has 0 saturated heterocycles. The van der Waals surface area contributed by atoms with Crippen molar-refractivity contribution in [2.24, 2.45) is 5.92 Å². The molecule has 1 aliphatic rings. The molecule has 3 nitrogen and oxygen atoms in total. The lowest BCUT2D eigenvalue weighted by Crippen LogP contribution is -2.13. The third-order valence-corrected chi connectivity index (χ3v) is 5.57. The average Bonchev–Trinajstić information content (AvgIpc) is 2.91. The van der Waals surface area contributed by atoms with Gasteiger partial charge in [0.1, 0.15) is 10.7 Å². The van der Waals surface area contributed by atoms with Gasteiger partial charge in [-0.2, -0.15) is 0 Å². The van der Waals surface area contributed by atoms with E-state index in [1.54, 1.807) is 11.3 Å². The van der Waals surface area contributed by atoms with Crippen LogP contribution >= 0.6 is 11.3 Å². The summed E-state index contributed by atoms with van der Waals surface area (Å²) >= 11 is 1.69. The molecule has 23 heavy (non-hydrogen) atoms. The van der Waals surface area contributed by atoms with Gasteiger partial charge in [0, 0.05) is 4.88 Å². The van der Waals surface area contributed by atoms with Gasteiger partial charge in [0.2, 0.25) is 0 Å². The molecule has 0 saturated carbocycles. The number of nitrogens with zero attached hydrogens (tertiary/aromatic N) is 1. The molecule has 1 atom stereocenters. The van der Waals surface area contributed by atoms with Crippen LogP contribution in [0.15, 0.2) is 35.1 Å². The number of aromatic nitrogens is 2. The van der Waals surface area contributed by atoms with E-state index in [0.29, 0.717) is 11.7 Å². The molecule has 1 aromatic carbocycles. The van der Waals surface area contributed by atoms with Crippen LogP contribution in [0, 0.1) is 5.92 Å². The van der Waals surface area contributed by atoms with Gasteiger partial charge in [0.15, 0.2) is 0 Å². The monoisotopic (exact) mass is 322 g/mol. The van der Waals surface area contributed by atoms with Gasteiger partial charge in [-0.15, -0.1) is 11.3 Å². The van der Waals surface area contributed by atoms with Crippen molar-refractivity contribution in [1.29, 1.82) is 0 Å². The fraction of sp³-hybridized carbons (Fsp3) is 0.263. The number of fused-ring (bicyclic) bond motifs is 3. The fourth-order valence-electron chi connectivity index (χ4n) is 3.18. The molecule has 4 heteroatoms. The quantitative estimate of drug-likeness (QED) is 0.765. The zero-order valence-corrected chi connectivity index (χ0v) is 13.8. The molecule has 0 bridgehead atoms. The Morgan fingerprint density at radius 2 is 2.09 bits per heavy atom. The van der Waals surface area contributed by atoms with Crippen molar-refractivity contribution in [3.63, 3.8) is 0 Å². The molecule has 1 aliphatic carbocycles. The lowest BCUT2D eigenvalue weighted by molar-refractivity contribution is 0.509. The van der Waals surface area contributed by atoms with Crippen LogP contribution in [0.3, 0.4) is 0 Å². The zero-order chi connectivity index (χ0) is 15.8. The predicted octanol–water partition coefficient (Wildman–Crippen LogP) is 4.28. The van der Waals surface area contributed by atoms with Crippen LogP contribution < -0.4 is 5.56 Å². The maximum atomic E-state index is 12.5. The van der Waals surface area contributed by atoms with E-state index >= 15 is 0 Å². The van der Waals surface area contributed by atoms with Gasteiger partial charge in [-0.1, -0.05) is 43.3 Å². The van der Waals surface area contributed by atoms with Crippen molar-refractivity contribution >= 4 is 33.7 Å². The van der Waals surface area contributed by atoms with Crippen molar-refractivity contribution in [2.45, 2.75) is 26.2 Å². The summed E-state index contributed by atoms with van der Waals surface area (Å²) < 4.78 is 0. The van der Waals surface area contributed by atoms with Gasteiger partial charge in [-0.05, 0) is 42.4 Å². The average molecular weight is 322 g/mol. The molecule has 1 unspecified atom stereocenters. The number of thiophene rings is 1. The minimum absolute atomic E-state index is 0.00485. The zero-order valence-electron chi connectivity index (χ0n) is 13.0. The first-order valence-corrected chi connectivity index (χ1v) is 8.80. The Balaban J connectivity index is 1.76. The van der Waals surface area contributed by atoms with Gasteiger partial charge in [0.05, 0.1) is 5.39 Å². The maximum Gasteiger partial charge on any atom is 0.260 e. The minimum Gasteiger partial charge on any atom is -0.306 e. The van der Waals surface area contributed by atoms with Crippen LogP contribution in [0.4, 0.5) is 0 Å². The minimum atomic E-state index is -0.00485. The van der Waals surface area contributed by atoms with E-state index < -0.39 is 0 Å². The highest BCUT2D eigenvalue weighted by Crippen LogP contribution is 2.35. The molecule has 116 valence electrons. The third-order valence-electron chi connectivity index (χ3n) is 4.42. The van der Waals surface area contributed by atoms with Gasteiger partial charge in [0.25, 0.3) is 5.56 Å². The second-order valence-electron chi connectivity index (χ2n) is 6.23. The first-order valence-electron chi connectivity index (χ1n) is 7.98. The smallest absolute Gasteiger partial charge is 0.260 e. The van der Waals surface area contributed by atoms with E-state index in [-0.39, 0.29) is 5.56 Å². The summed E-state index contributed by atoms with van der Waals surface area (Å²) in [5.74, 6) is 1.32. The second-order valence-corrected chi connectivity index (χ2v) is 7.31. The van der Waals surface area contributed by atoms with Gasteiger partial charge >= 0.3 is 0 Å². The topological polar surface area (TPSA) is 45.8 Å². The summed E-state index contributed by atoms with van der Waals surface area (Å²) in [6.45, 7) is 2.28. The molecule has 2 aromatic heterocycles. The molecule has 0 spiro atoms. The van der Waals surface area contributed by atoms with Crippen molar-refractivity contribution in [1.82, 2.24) is 9.97 Å². The van der Waals surface area contributed by atoms with Crippen molar-refractivity contribution in [3.8, 4) is 0 Å². The highest BCUT2D eigenvalue weighted by Gasteiger charge is 2.22. The Morgan fingerprint density at radius 1 is 1.26 bits per heavy atom. The highest BCUT2D eigenvalue weighted by molar-refractivity contribution is 7.18. The SMILES string of the molecule is CC1CCc2c(sc3nc(/C=C/c4ccccc4)[nH]c(=O)c23)C1. The van der Waals surface area contributed by atoms with Crippen molar-refractivity contribution < 1.29 is 0 Å². The summed E-state index contributed by atoms with van der Waals surface area (Å²) in [6.07, 6.45) is 7.08. The van der Waals surface area contributed by atoms with Crippen LogP contribution in [0.1, 0.15) is 35.2 Å². The Morgan fingerprint density at radius 3 is 2.91 bits per heavy atom. The first kappa shape index (κ1) is 14.4. The number of aryl methyl sites for hydroxylation is 1. The van der Waals surface area contributed by atoms with E-state index in [4.69, 9.17) is 0 Å². The maximum absolute atomic E-state index is 12.5. The van der Waals surface area contributed by atoms with Crippen LogP contribution in [-0.4, -0.2) is 9.97 Å². The largest absolute Gasteiger partial charge is 0.306 e. The summed E-state index contributed by atoms with van der Waals surface area (Å²) in [5, 5.41) is 0.814. The summed E-state index contributed by atoms with van der Waals surface area (Å²) in [5.41, 5.74) is 2.32. The lowest BCUT2D eigenvalue weighted by atomic mass is 9.89. The van der Waals surface area contributed by atoms with E-state index in [1.807, 2.05) is 42.5 Å². The Labute approximate surface area is 138 Å². The molecule has 0 fully saturated rings. The molecule has 1 N–H and O–H groups in total. The Hall–Kier alpha value is -2.20. The molecular weight excluding hydrogens is 304 g/mol. The summed E-state index contributed by atoms with van der Waals surface area (Å²) in [7, 11) is 0. The molecule has 0 aliphatic heterocycles. The van der Waals surface area contributed by atoms with Crippen molar-refractivity contribution in [2.75, 3.05) is 0 Å².